The molecule has 0 bridgehead atoms. The predicted octanol–water partition coefficient (Wildman–Crippen LogP) is 3.39. The summed E-state index contributed by atoms with van der Waals surface area (Å²) in [4.78, 5) is 13.7. The third-order valence-corrected chi connectivity index (χ3v) is 3.90. The van der Waals surface area contributed by atoms with Gasteiger partial charge in [-0.25, -0.2) is 8.78 Å². The van der Waals surface area contributed by atoms with Gasteiger partial charge in [-0.1, -0.05) is 0 Å². The smallest absolute Gasteiger partial charge is 0.417 e. The first-order valence-electron chi connectivity index (χ1n) is 7.40. The van der Waals surface area contributed by atoms with Gasteiger partial charge < -0.3 is 9.32 Å². The zero-order valence-corrected chi connectivity index (χ0v) is 12.7. The van der Waals surface area contributed by atoms with Gasteiger partial charge in [0, 0.05) is 19.2 Å². The zero-order chi connectivity index (χ0) is 18.2. The van der Waals surface area contributed by atoms with E-state index in [4.69, 9.17) is 0 Å². The van der Waals surface area contributed by atoms with E-state index in [9.17, 15) is 26.7 Å². The molecule has 0 N–H and O–H groups in total. The van der Waals surface area contributed by atoms with Crippen molar-refractivity contribution >= 4 is 5.91 Å². The molecule has 5 nitrogen and oxygen atoms in total. The molecule has 1 fully saturated rings. The van der Waals surface area contributed by atoms with Gasteiger partial charge in [0.15, 0.2) is 0 Å². The monoisotopic (exact) mass is 361 g/mol. The molecule has 1 aromatic heterocycles. The molecular formula is C15H12F5N3O2. The Balaban J connectivity index is 1.77. The van der Waals surface area contributed by atoms with Crippen LogP contribution in [0.2, 0.25) is 0 Å². The fraction of sp³-hybridized carbons (Fsp3) is 0.400. The van der Waals surface area contributed by atoms with Gasteiger partial charge in [0.1, 0.15) is 11.6 Å². The Bertz CT molecular complexity index is 790. The van der Waals surface area contributed by atoms with Crippen molar-refractivity contribution in [3.8, 4) is 0 Å². The maximum Gasteiger partial charge on any atom is 0.470 e. The lowest BCUT2D eigenvalue weighted by Gasteiger charge is -2.31. The lowest BCUT2D eigenvalue weighted by molar-refractivity contribution is -0.157. The molecule has 2 aromatic rings. The number of hydrogen-bond acceptors (Lipinski definition) is 4. The Kier molecular flexibility index (Phi) is 4.44. The second-order valence-corrected chi connectivity index (χ2v) is 5.66. The summed E-state index contributed by atoms with van der Waals surface area (Å²) in [6.45, 7) is 0.307. The van der Waals surface area contributed by atoms with E-state index in [0.717, 1.165) is 12.1 Å². The number of carbonyl (C=O) groups is 1. The average Bonchev–Trinajstić information content (AvgIpc) is 3.05. The number of halogens is 5. The Morgan fingerprint density at radius 3 is 2.64 bits per heavy atom. The van der Waals surface area contributed by atoms with Crippen molar-refractivity contribution in [2.24, 2.45) is 0 Å². The van der Waals surface area contributed by atoms with Crippen LogP contribution in [0.1, 0.15) is 40.9 Å². The number of hydrogen-bond donors (Lipinski definition) is 0. The van der Waals surface area contributed by atoms with Crippen molar-refractivity contribution < 1.29 is 31.2 Å². The lowest BCUT2D eigenvalue weighted by atomic mass is 9.97. The van der Waals surface area contributed by atoms with E-state index in [1.165, 1.54) is 4.90 Å². The molecule has 10 heteroatoms. The van der Waals surface area contributed by atoms with Gasteiger partial charge in [0.05, 0.1) is 11.5 Å². The summed E-state index contributed by atoms with van der Waals surface area (Å²) >= 11 is 0. The molecule has 134 valence electrons. The van der Waals surface area contributed by atoms with Gasteiger partial charge in [-0.2, -0.15) is 13.2 Å². The van der Waals surface area contributed by atoms with Gasteiger partial charge in [-0.15, -0.1) is 10.2 Å². The van der Waals surface area contributed by atoms with Crippen LogP contribution in [0.5, 0.6) is 0 Å². The van der Waals surface area contributed by atoms with Crippen molar-refractivity contribution in [1.29, 1.82) is 0 Å². The maximum absolute atomic E-state index is 13.8. The van der Waals surface area contributed by atoms with Gasteiger partial charge >= 0.3 is 12.1 Å². The average molecular weight is 361 g/mol. The van der Waals surface area contributed by atoms with E-state index in [-0.39, 0.29) is 18.0 Å². The summed E-state index contributed by atoms with van der Waals surface area (Å²) in [6, 6.07) is 2.60. The lowest BCUT2D eigenvalue weighted by Crippen LogP contribution is -2.39. The third kappa shape index (κ3) is 3.62. The number of piperidine rings is 1. The molecule has 25 heavy (non-hydrogen) atoms. The molecule has 2 heterocycles. The Morgan fingerprint density at radius 1 is 1.24 bits per heavy atom. The van der Waals surface area contributed by atoms with E-state index >= 15 is 0 Å². The van der Waals surface area contributed by atoms with E-state index in [2.05, 4.69) is 14.6 Å². The first-order chi connectivity index (χ1) is 11.8. The molecule has 1 aliphatic rings. The fourth-order valence-electron chi connectivity index (χ4n) is 2.71. The van der Waals surface area contributed by atoms with Crippen molar-refractivity contribution in [3.05, 3.63) is 47.2 Å². The topological polar surface area (TPSA) is 59.2 Å². The summed E-state index contributed by atoms with van der Waals surface area (Å²) in [5.74, 6) is -4.72. The second kappa shape index (κ2) is 6.41. The second-order valence-electron chi connectivity index (χ2n) is 5.66. The van der Waals surface area contributed by atoms with Crippen LogP contribution in [0.3, 0.4) is 0 Å². The van der Waals surface area contributed by atoms with Crippen LogP contribution in [-0.4, -0.2) is 34.1 Å². The molecule has 1 amide bonds. The highest BCUT2D eigenvalue weighted by Gasteiger charge is 2.39. The highest BCUT2D eigenvalue weighted by molar-refractivity contribution is 5.94. The highest BCUT2D eigenvalue weighted by atomic mass is 19.4. The normalized spacial score (nSPS) is 18.4. The van der Waals surface area contributed by atoms with E-state index in [1.54, 1.807) is 0 Å². The predicted molar refractivity (Wildman–Crippen MR) is 73.5 cm³/mol. The van der Waals surface area contributed by atoms with Crippen LogP contribution in [-0.2, 0) is 6.18 Å². The van der Waals surface area contributed by atoms with E-state index in [1.807, 2.05) is 0 Å². The molecule has 0 radical (unpaired) electrons. The molecule has 1 saturated heterocycles. The minimum atomic E-state index is -4.74. The zero-order valence-electron chi connectivity index (χ0n) is 12.7. The molecule has 3 rings (SSSR count). The molecule has 0 aliphatic carbocycles. The number of aromatic nitrogens is 2. The van der Waals surface area contributed by atoms with Crippen LogP contribution in [0.15, 0.2) is 22.6 Å². The molecule has 1 aliphatic heterocycles. The Labute approximate surface area is 138 Å². The number of benzene rings is 1. The summed E-state index contributed by atoms with van der Waals surface area (Å²) in [7, 11) is 0. The Morgan fingerprint density at radius 2 is 2.00 bits per heavy atom. The maximum atomic E-state index is 13.8. The SMILES string of the molecule is O=C(c1ccc(F)cc1F)N1CCCC(c2nnc(C(F)(F)F)o2)C1. The van der Waals surface area contributed by atoms with Crippen LogP contribution in [0.4, 0.5) is 22.0 Å². The number of amides is 1. The summed E-state index contributed by atoms with van der Waals surface area (Å²) in [5.41, 5.74) is -0.302. The minimum absolute atomic E-state index is 0.00907. The third-order valence-electron chi connectivity index (χ3n) is 3.90. The molecule has 1 atom stereocenters. The van der Waals surface area contributed by atoms with E-state index in [0.29, 0.717) is 25.5 Å². The van der Waals surface area contributed by atoms with Crippen LogP contribution < -0.4 is 0 Å². The van der Waals surface area contributed by atoms with Crippen molar-refractivity contribution in [2.75, 3.05) is 13.1 Å². The first kappa shape index (κ1) is 17.3. The largest absolute Gasteiger partial charge is 0.470 e. The van der Waals surface area contributed by atoms with Crippen LogP contribution in [0.25, 0.3) is 0 Å². The van der Waals surface area contributed by atoms with Gasteiger partial charge in [-0.05, 0) is 25.0 Å². The molecule has 1 aromatic carbocycles. The number of nitrogens with zero attached hydrogens (tertiary/aromatic N) is 3. The molecular weight excluding hydrogens is 349 g/mol. The van der Waals surface area contributed by atoms with Crippen molar-refractivity contribution in [3.63, 3.8) is 0 Å². The number of carbonyl (C=O) groups excluding carboxylic acids is 1. The number of likely N-dealkylation sites (tertiary alicyclic amines) is 1. The van der Waals surface area contributed by atoms with Crippen LogP contribution in [0, 0.1) is 11.6 Å². The number of alkyl halides is 3. The molecule has 0 spiro atoms. The summed E-state index contributed by atoms with van der Waals surface area (Å²) in [5, 5.41) is 6.37. The fourth-order valence-corrected chi connectivity index (χ4v) is 2.71. The van der Waals surface area contributed by atoms with Crippen molar-refractivity contribution in [2.45, 2.75) is 24.9 Å². The standard InChI is InChI=1S/C15H12F5N3O2/c16-9-3-4-10(11(17)6-9)13(24)23-5-1-2-8(7-23)12-21-22-14(25-12)15(18,19)20/h3-4,6,8H,1-2,5,7H2. The van der Waals surface area contributed by atoms with Gasteiger partial charge in [0.2, 0.25) is 5.89 Å². The summed E-state index contributed by atoms with van der Waals surface area (Å²) < 4.78 is 69.0. The van der Waals surface area contributed by atoms with Gasteiger partial charge in [-0.3, -0.25) is 4.79 Å². The van der Waals surface area contributed by atoms with Crippen molar-refractivity contribution in [1.82, 2.24) is 15.1 Å². The number of rotatable bonds is 2. The minimum Gasteiger partial charge on any atom is -0.417 e. The first-order valence-corrected chi connectivity index (χ1v) is 7.40. The summed E-state index contributed by atoms with van der Waals surface area (Å²) in [6.07, 6.45) is -3.81. The molecule has 1 unspecified atom stereocenters. The van der Waals surface area contributed by atoms with Gasteiger partial charge in [0.25, 0.3) is 5.91 Å². The quantitative estimate of drug-likeness (QED) is 0.770. The molecule has 0 saturated carbocycles. The van der Waals surface area contributed by atoms with E-state index < -0.39 is 35.5 Å². The van der Waals surface area contributed by atoms with Crippen LogP contribution >= 0.6 is 0 Å². The highest BCUT2D eigenvalue weighted by Crippen LogP contribution is 2.32. The Hall–Kier alpha value is -2.52.